The van der Waals surface area contributed by atoms with Gasteiger partial charge >= 0.3 is 11.9 Å². The molecule has 0 aromatic carbocycles. The van der Waals surface area contributed by atoms with E-state index in [1.165, 1.54) is 135 Å². The van der Waals surface area contributed by atoms with E-state index in [0.29, 0.717) is 38.2 Å². The van der Waals surface area contributed by atoms with Gasteiger partial charge in [-0.25, -0.2) is 0 Å². The molecule has 5 atom stereocenters. The van der Waals surface area contributed by atoms with Crippen LogP contribution in [0, 0.1) is 17.8 Å². The molecule has 1 fully saturated rings. The number of carbonyl (C=O) groups excluding carboxylic acids is 3. The second-order valence-corrected chi connectivity index (χ2v) is 16.8. The topological polar surface area (TPSA) is 78.9 Å². The number of ketones is 1. The highest BCUT2D eigenvalue weighted by Crippen LogP contribution is 2.41. The van der Waals surface area contributed by atoms with Crippen molar-refractivity contribution in [3.63, 3.8) is 0 Å². The zero-order chi connectivity index (χ0) is 38.8. The first-order valence-corrected chi connectivity index (χ1v) is 23.3. The second kappa shape index (κ2) is 35.0. The van der Waals surface area contributed by atoms with Crippen LogP contribution in [0.5, 0.6) is 0 Å². The Bertz CT molecular complexity index is 873. The van der Waals surface area contributed by atoms with Gasteiger partial charge in [0.05, 0.1) is 6.61 Å². The largest absolute Gasteiger partial charge is 0.462 e. The van der Waals surface area contributed by atoms with E-state index < -0.39 is 0 Å². The standard InChI is InChI=1S/C47H88O6/c1-6-10-13-15-16-17-18-19-20-21-22-23-24-25-27-28-31-43(52-47(50)32-29-26-14-11-7-2)35-36-51-39-42(48)38-41-33-34-45(53-46(49)9-4)44(41)37-40(5)30-12-8-3/h40-41,43-45H,6-39H2,1-5H3. The summed E-state index contributed by atoms with van der Waals surface area (Å²) >= 11 is 0. The highest BCUT2D eigenvalue weighted by Gasteiger charge is 2.39. The molecule has 1 rings (SSSR count). The molecule has 5 unspecified atom stereocenters. The van der Waals surface area contributed by atoms with Gasteiger partial charge < -0.3 is 14.2 Å². The Balaban J connectivity index is 2.42. The van der Waals surface area contributed by atoms with Crippen molar-refractivity contribution in [2.75, 3.05) is 13.2 Å². The summed E-state index contributed by atoms with van der Waals surface area (Å²) in [4.78, 5) is 38.0. The van der Waals surface area contributed by atoms with Crippen molar-refractivity contribution in [2.24, 2.45) is 17.8 Å². The van der Waals surface area contributed by atoms with Crippen LogP contribution in [0.15, 0.2) is 0 Å². The first-order chi connectivity index (χ1) is 25.8. The highest BCUT2D eigenvalue weighted by molar-refractivity contribution is 5.80. The number of ether oxygens (including phenoxy) is 3. The minimum atomic E-state index is -0.141. The lowest BCUT2D eigenvalue weighted by atomic mass is 9.82. The summed E-state index contributed by atoms with van der Waals surface area (Å²) in [6, 6.07) is 0. The summed E-state index contributed by atoms with van der Waals surface area (Å²) in [6.07, 6.45) is 36.1. The first-order valence-electron chi connectivity index (χ1n) is 23.3. The molecule has 0 amide bonds. The zero-order valence-corrected chi connectivity index (χ0v) is 35.9. The fourth-order valence-electron chi connectivity index (χ4n) is 8.29. The van der Waals surface area contributed by atoms with Gasteiger partial charge in [0, 0.05) is 25.7 Å². The minimum absolute atomic E-state index is 0.0723. The Hall–Kier alpha value is -1.43. The number of hydrogen-bond donors (Lipinski definition) is 0. The van der Waals surface area contributed by atoms with Crippen molar-refractivity contribution < 1.29 is 28.6 Å². The predicted octanol–water partition coefficient (Wildman–Crippen LogP) is 13.8. The molecule has 0 heterocycles. The lowest BCUT2D eigenvalue weighted by Gasteiger charge is -2.27. The van der Waals surface area contributed by atoms with Crippen LogP contribution < -0.4 is 0 Å². The van der Waals surface area contributed by atoms with Crippen LogP contribution in [0.1, 0.15) is 240 Å². The molecule has 0 aromatic rings. The molecule has 0 aliphatic heterocycles. The van der Waals surface area contributed by atoms with Gasteiger partial charge in [-0.3, -0.25) is 14.4 Å². The Morgan fingerprint density at radius 3 is 1.66 bits per heavy atom. The summed E-state index contributed by atoms with van der Waals surface area (Å²) in [5, 5.41) is 0. The fraction of sp³-hybridized carbons (Fsp3) is 0.936. The quantitative estimate of drug-likeness (QED) is 0.0462. The molecule has 1 aliphatic rings. The Morgan fingerprint density at radius 1 is 0.585 bits per heavy atom. The molecule has 53 heavy (non-hydrogen) atoms. The molecule has 0 saturated heterocycles. The lowest BCUT2D eigenvalue weighted by molar-refractivity contribution is -0.152. The molecular weight excluding hydrogens is 661 g/mol. The van der Waals surface area contributed by atoms with Crippen molar-refractivity contribution in [3.05, 3.63) is 0 Å². The summed E-state index contributed by atoms with van der Waals surface area (Å²) in [7, 11) is 0. The van der Waals surface area contributed by atoms with E-state index in [2.05, 4.69) is 27.7 Å². The van der Waals surface area contributed by atoms with Gasteiger partial charge in [0.1, 0.15) is 18.8 Å². The predicted molar refractivity (Wildman–Crippen MR) is 222 cm³/mol. The number of Topliss-reactive ketones (excluding diaryl/α,β-unsaturated/α-hetero) is 1. The van der Waals surface area contributed by atoms with Crippen LogP contribution >= 0.6 is 0 Å². The van der Waals surface area contributed by atoms with Crippen molar-refractivity contribution in [3.8, 4) is 0 Å². The Labute approximate surface area is 328 Å². The summed E-state index contributed by atoms with van der Waals surface area (Å²) in [5.74, 6) is 0.945. The zero-order valence-electron chi connectivity index (χ0n) is 35.9. The summed E-state index contributed by atoms with van der Waals surface area (Å²) in [6.45, 7) is 11.4. The van der Waals surface area contributed by atoms with Crippen LogP contribution in [0.2, 0.25) is 0 Å². The molecule has 6 heteroatoms. The smallest absolute Gasteiger partial charge is 0.306 e. The number of hydrogen-bond acceptors (Lipinski definition) is 6. The molecule has 1 saturated carbocycles. The van der Waals surface area contributed by atoms with Gasteiger partial charge in [-0.05, 0) is 56.3 Å². The Kier molecular flexibility index (Phi) is 32.8. The van der Waals surface area contributed by atoms with E-state index in [4.69, 9.17) is 14.2 Å². The summed E-state index contributed by atoms with van der Waals surface area (Å²) < 4.78 is 17.8. The second-order valence-electron chi connectivity index (χ2n) is 16.8. The van der Waals surface area contributed by atoms with Crippen LogP contribution in [0.3, 0.4) is 0 Å². The van der Waals surface area contributed by atoms with E-state index >= 15 is 0 Å². The lowest BCUT2D eigenvalue weighted by Crippen LogP contribution is -2.28. The van der Waals surface area contributed by atoms with E-state index in [0.717, 1.165) is 44.9 Å². The molecule has 6 nitrogen and oxygen atoms in total. The molecule has 0 spiro atoms. The average Bonchev–Trinajstić information content (AvgIpc) is 3.50. The normalized spacial score (nSPS) is 18.2. The van der Waals surface area contributed by atoms with Crippen molar-refractivity contribution >= 4 is 17.7 Å². The molecule has 312 valence electrons. The molecule has 0 aromatic heterocycles. The van der Waals surface area contributed by atoms with E-state index in [1.807, 2.05) is 6.92 Å². The van der Waals surface area contributed by atoms with Crippen molar-refractivity contribution in [1.82, 2.24) is 0 Å². The van der Waals surface area contributed by atoms with Crippen LogP contribution in [0.4, 0.5) is 0 Å². The van der Waals surface area contributed by atoms with Crippen LogP contribution in [-0.4, -0.2) is 43.1 Å². The maximum Gasteiger partial charge on any atom is 0.306 e. The van der Waals surface area contributed by atoms with Gasteiger partial charge in [-0.1, -0.05) is 176 Å². The summed E-state index contributed by atoms with van der Waals surface area (Å²) in [5.41, 5.74) is 0. The Morgan fingerprint density at radius 2 is 1.11 bits per heavy atom. The number of carbonyl (C=O) groups is 3. The molecule has 0 N–H and O–H groups in total. The minimum Gasteiger partial charge on any atom is -0.462 e. The van der Waals surface area contributed by atoms with Gasteiger partial charge in [-0.2, -0.15) is 0 Å². The van der Waals surface area contributed by atoms with E-state index in [9.17, 15) is 14.4 Å². The molecule has 1 aliphatic carbocycles. The third kappa shape index (κ3) is 27.7. The first kappa shape index (κ1) is 49.6. The van der Waals surface area contributed by atoms with Gasteiger partial charge in [0.15, 0.2) is 5.78 Å². The van der Waals surface area contributed by atoms with Crippen LogP contribution in [-0.2, 0) is 28.6 Å². The van der Waals surface area contributed by atoms with E-state index in [1.54, 1.807) is 0 Å². The monoisotopic (exact) mass is 749 g/mol. The van der Waals surface area contributed by atoms with Gasteiger partial charge in [-0.15, -0.1) is 0 Å². The van der Waals surface area contributed by atoms with Crippen LogP contribution in [0.25, 0.3) is 0 Å². The highest BCUT2D eigenvalue weighted by atomic mass is 16.5. The molecule has 0 radical (unpaired) electrons. The number of unbranched alkanes of at least 4 members (excludes halogenated alkanes) is 20. The van der Waals surface area contributed by atoms with E-state index in [-0.39, 0.29) is 48.4 Å². The molecule has 0 bridgehead atoms. The maximum absolute atomic E-state index is 13.1. The van der Waals surface area contributed by atoms with Gasteiger partial charge in [0.25, 0.3) is 0 Å². The number of esters is 2. The molecular formula is C47H88O6. The third-order valence-electron chi connectivity index (χ3n) is 11.7. The average molecular weight is 749 g/mol. The third-order valence-corrected chi connectivity index (χ3v) is 11.7. The maximum atomic E-state index is 13.1. The van der Waals surface area contributed by atoms with Gasteiger partial charge in [0.2, 0.25) is 0 Å². The fourth-order valence-corrected chi connectivity index (χ4v) is 8.29. The van der Waals surface area contributed by atoms with Crippen molar-refractivity contribution in [2.45, 2.75) is 252 Å². The SMILES string of the molecule is CCCCCCCCCCCCCCCCCCC(CCOCC(=O)CC1CCC(OC(=O)CC)C1CC(C)CCCC)OC(=O)CCCCCCC. The van der Waals surface area contributed by atoms with Crippen molar-refractivity contribution in [1.29, 1.82) is 0 Å². The number of rotatable bonds is 38.